The SMILES string of the molecule is CCCc1nsc(NCCOc2ccc(N)cc2)n1. The molecule has 0 unspecified atom stereocenters. The Bertz CT molecular complexity index is 498. The van der Waals surface area contributed by atoms with E-state index >= 15 is 0 Å². The van der Waals surface area contributed by atoms with Crippen LogP contribution < -0.4 is 15.8 Å². The first-order valence-electron chi connectivity index (χ1n) is 6.32. The van der Waals surface area contributed by atoms with Crippen molar-refractivity contribution in [3.63, 3.8) is 0 Å². The smallest absolute Gasteiger partial charge is 0.202 e. The van der Waals surface area contributed by atoms with E-state index < -0.39 is 0 Å². The Hall–Kier alpha value is -1.82. The number of nitrogen functional groups attached to an aromatic ring is 1. The zero-order chi connectivity index (χ0) is 13.5. The number of nitrogens with one attached hydrogen (secondary N) is 1. The van der Waals surface area contributed by atoms with Crippen LogP contribution >= 0.6 is 11.5 Å². The molecule has 0 saturated carbocycles. The van der Waals surface area contributed by atoms with Crippen LogP contribution in [-0.2, 0) is 6.42 Å². The Kier molecular flexibility index (Phi) is 4.97. The van der Waals surface area contributed by atoms with Gasteiger partial charge in [-0.2, -0.15) is 4.37 Å². The lowest BCUT2D eigenvalue weighted by Gasteiger charge is -2.06. The standard InChI is InChI=1S/C13H18N4OS/c1-2-3-12-16-13(19-17-12)15-8-9-18-11-6-4-10(14)5-7-11/h4-7H,2-3,8-9,14H2,1H3,(H,15,16,17). The average molecular weight is 278 g/mol. The van der Waals surface area contributed by atoms with Gasteiger partial charge in [-0.25, -0.2) is 4.98 Å². The molecule has 2 aromatic rings. The number of rotatable bonds is 7. The molecule has 2 rings (SSSR count). The van der Waals surface area contributed by atoms with E-state index in [1.165, 1.54) is 11.5 Å². The van der Waals surface area contributed by atoms with Crippen molar-refractivity contribution in [2.45, 2.75) is 19.8 Å². The molecule has 0 aliphatic carbocycles. The highest BCUT2D eigenvalue weighted by molar-refractivity contribution is 7.09. The van der Waals surface area contributed by atoms with Crippen LogP contribution in [0.15, 0.2) is 24.3 Å². The molecule has 0 atom stereocenters. The molecule has 1 heterocycles. The van der Waals surface area contributed by atoms with Crippen LogP contribution in [0.25, 0.3) is 0 Å². The Morgan fingerprint density at radius 2 is 2.11 bits per heavy atom. The summed E-state index contributed by atoms with van der Waals surface area (Å²) in [5.41, 5.74) is 6.34. The summed E-state index contributed by atoms with van der Waals surface area (Å²) in [4.78, 5) is 4.38. The Balaban J connectivity index is 1.69. The molecule has 0 spiro atoms. The van der Waals surface area contributed by atoms with Crippen molar-refractivity contribution in [3.05, 3.63) is 30.1 Å². The number of nitrogens with zero attached hydrogens (tertiary/aromatic N) is 2. The summed E-state index contributed by atoms with van der Waals surface area (Å²) in [5, 5.41) is 4.05. The van der Waals surface area contributed by atoms with Gasteiger partial charge in [0.2, 0.25) is 5.13 Å². The molecule has 19 heavy (non-hydrogen) atoms. The van der Waals surface area contributed by atoms with E-state index in [9.17, 15) is 0 Å². The van der Waals surface area contributed by atoms with Crippen molar-refractivity contribution >= 4 is 22.4 Å². The fourth-order valence-corrected chi connectivity index (χ4v) is 2.18. The first-order chi connectivity index (χ1) is 9.28. The summed E-state index contributed by atoms with van der Waals surface area (Å²) in [5.74, 6) is 1.73. The van der Waals surface area contributed by atoms with E-state index in [-0.39, 0.29) is 0 Å². The van der Waals surface area contributed by atoms with Crippen LogP contribution in [0.1, 0.15) is 19.2 Å². The van der Waals surface area contributed by atoms with Gasteiger partial charge in [0.1, 0.15) is 18.2 Å². The molecule has 1 aromatic heterocycles. The van der Waals surface area contributed by atoms with Gasteiger partial charge < -0.3 is 15.8 Å². The van der Waals surface area contributed by atoms with Gasteiger partial charge in [0.05, 0.1) is 6.54 Å². The van der Waals surface area contributed by atoms with Crippen molar-refractivity contribution in [1.82, 2.24) is 9.36 Å². The van der Waals surface area contributed by atoms with Gasteiger partial charge >= 0.3 is 0 Å². The van der Waals surface area contributed by atoms with Gasteiger partial charge in [0, 0.05) is 23.6 Å². The minimum absolute atomic E-state index is 0.576. The number of anilines is 2. The molecule has 0 bridgehead atoms. The lowest BCUT2D eigenvalue weighted by atomic mass is 10.3. The predicted molar refractivity (Wildman–Crippen MR) is 78.7 cm³/mol. The molecule has 0 aliphatic rings. The second-order valence-electron chi connectivity index (χ2n) is 4.11. The van der Waals surface area contributed by atoms with Crippen LogP contribution in [0.2, 0.25) is 0 Å². The van der Waals surface area contributed by atoms with Gasteiger partial charge in [-0.05, 0) is 30.7 Å². The maximum absolute atomic E-state index is 5.60. The lowest BCUT2D eigenvalue weighted by Crippen LogP contribution is -2.11. The minimum Gasteiger partial charge on any atom is -0.492 e. The highest BCUT2D eigenvalue weighted by atomic mass is 32.1. The largest absolute Gasteiger partial charge is 0.492 e. The number of aryl methyl sites for hydroxylation is 1. The zero-order valence-corrected chi connectivity index (χ0v) is 11.7. The van der Waals surface area contributed by atoms with E-state index in [1.807, 2.05) is 24.3 Å². The van der Waals surface area contributed by atoms with Crippen LogP contribution in [0, 0.1) is 0 Å². The monoisotopic (exact) mass is 278 g/mol. The number of aromatic nitrogens is 2. The molecule has 5 nitrogen and oxygen atoms in total. The molecular weight excluding hydrogens is 260 g/mol. The average Bonchev–Trinajstić information content (AvgIpc) is 2.85. The quantitative estimate of drug-likeness (QED) is 0.601. The van der Waals surface area contributed by atoms with Gasteiger partial charge in [-0.3, -0.25) is 0 Å². The topological polar surface area (TPSA) is 73.1 Å². The summed E-state index contributed by atoms with van der Waals surface area (Å²) >= 11 is 1.39. The summed E-state index contributed by atoms with van der Waals surface area (Å²) in [6, 6.07) is 7.37. The molecule has 3 N–H and O–H groups in total. The van der Waals surface area contributed by atoms with E-state index in [0.29, 0.717) is 13.2 Å². The first-order valence-corrected chi connectivity index (χ1v) is 7.10. The van der Waals surface area contributed by atoms with Crippen molar-refractivity contribution < 1.29 is 4.74 Å². The van der Waals surface area contributed by atoms with Gasteiger partial charge in [-0.1, -0.05) is 6.92 Å². The second-order valence-corrected chi connectivity index (χ2v) is 4.86. The Morgan fingerprint density at radius 3 is 2.84 bits per heavy atom. The summed E-state index contributed by atoms with van der Waals surface area (Å²) in [6.07, 6.45) is 2.00. The molecule has 102 valence electrons. The fourth-order valence-electron chi connectivity index (χ4n) is 1.54. The Labute approximate surface area is 117 Å². The van der Waals surface area contributed by atoms with Crippen molar-refractivity contribution in [2.75, 3.05) is 24.2 Å². The maximum atomic E-state index is 5.60. The summed E-state index contributed by atoms with van der Waals surface area (Å²) < 4.78 is 9.84. The number of benzene rings is 1. The van der Waals surface area contributed by atoms with Crippen molar-refractivity contribution in [3.8, 4) is 5.75 Å². The molecule has 0 saturated heterocycles. The highest BCUT2D eigenvalue weighted by Crippen LogP contribution is 2.14. The van der Waals surface area contributed by atoms with Crippen molar-refractivity contribution in [2.24, 2.45) is 0 Å². The normalized spacial score (nSPS) is 10.4. The van der Waals surface area contributed by atoms with E-state index in [4.69, 9.17) is 10.5 Å². The first kappa shape index (κ1) is 13.6. The molecule has 6 heteroatoms. The van der Waals surface area contributed by atoms with Crippen LogP contribution in [-0.4, -0.2) is 22.5 Å². The zero-order valence-electron chi connectivity index (χ0n) is 10.9. The third-order valence-electron chi connectivity index (χ3n) is 2.47. The van der Waals surface area contributed by atoms with Gasteiger partial charge in [0.15, 0.2) is 0 Å². The van der Waals surface area contributed by atoms with Crippen LogP contribution in [0.4, 0.5) is 10.8 Å². The lowest BCUT2D eigenvalue weighted by molar-refractivity contribution is 0.333. The third-order valence-corrected chi connectivity index (χ3v) is 3.18. The molecule has 0 radical (unpaired) electrons. The molecule has 0 aliphatic heterocycles. The Morgan fingerprint density at radius 1 is 1.32 bits per heavy atom. The molecule has 0 amide bonds. The van der Waals surface area contributed by atoms with E-state index in [0.717, 1.165) is 35.2 Å². The summed E-state index contributed by atoms with van der Waals surface area (Å²) in [7, 11) is 0. The molecule has 1 aromatic carbocycles. The second kappa shape index (κ2) is 6.94. The number of hydrogen-bond acceptors (Lipinski definition) is 6. The highest BCUT2D eigenvalue weighted by Gasteiger charge is 2.02. The van der Waals surface area contributed by atoms with Gasteiger partial charge in [0.25, 0.3) is 0 Å². The molecule has 0 fully saturated rings. The predicted octanol–water partition coefficient (Wildman–Crippen LogP) is 2.56. The van der Waals surface area contributed by atoms with E-state index in [2.05, 4.69) is 21.6 Å². The van der Waals surface area contributed by atoms with Crippen LogP contribution in [0.5, 0.6) is 5.75 Å². The van der Waals surface area contributed by atoms with Crippen molar-refractivity contribution in [1.29, 1.82) is 0 Å². The third kappa shape index (κ3) is 4.40. The fraction of sp³-hybridized carbons (Fsp3) is 0.385. The number of ether oxygens (including phenoxy) is 1. The number of nitrogens with two attached hydrogens (primary N) is 1. The summed E-state index contributed by atoms with van der Waals surface area (Å²) in [6.45, 7) is 3.40. The number of hydrogen-bond donors (Lipinski definition) is 2. The maximum Gasteiger partial charge on any atom is 0.202 e. The van der Waals surface area contributed by atoms with Gasteiger partial charge in [-0.15, -0.1) is 0 Å². The van der Waals surface area contributed by atoms with Crippen LogP contribution in [0.3, 0.4) is 0 Å². The van der Waals surface area contributed by atoms with E-state index in [1.54, 1.807) is 0 Å². The minimum atomic E-state index is 0.576. The molecular formula is C13H18N4OS.